The van der Waals surface area contributed by atoms with Crippen molar-refractivity contribution in [1.29, 1.82) is 0 Å². The summed E-state index contributed by atoms with van der Waals surface area (Å²) in [6, 6.07) is 8.70. The number of anilines is 2. The zero-order valence-corrected chi connectivity index (χ0v) is 12.0. The second-order valence-corrected chi connectivity index (χ2v) is 5.97. The van der Waals surface area contributed by atoms with Gasteiger partial charge in [-0.25, -0.2) is 0 Å². The zero-order valence-electron chi connectivity index (χ0n) is 9.57. The molecule has 1 aromatic heterocycles. The largest absolute Gasteiger partial charge is 0.497 e. The Hall–Kier alpha value is -1.53. The van der Waals surface area contributed by atoms with E-state index in [1.54, 1.807) is 31.4 Å². The van der Waals surface area contributed by atoms with Gasteiger partial charge in [-0.3, -0.25) is 4.79 Å². The Kier molecular flexibility index (Phi) is 3.88. The number of halogens is 1. The summed E-state index contributed by atoms with van der Waals surface area (Å²) in [6.07, 6.45) is 0. The maximum atomic E-state index is 12.0. The van der Waals surface area contributed by atoms with Crippen LogP contribution in [0.4, 0.5) is 11.4 Å². The van der Waals surface area contributed by atoms with Gasteiger partial charge in [-0.2, -0.15) is 0 Å². The molecule has 4 nitrogen and oxygen atoms in total. The summed E-state index contributed by atoms with van der Waals surface area (Å²) in [5, 5.41) is 2.76. The first-order valence-corrected chi connectivity index (χ1v) is 6.71. The summed E-state index contributed by atoms with van der Waals surface area (Å²) in [5.74, 6) is 0.456. The van der Waals surface area contributed by atoms with Gasteiger partial charge in [0.2, 0.25) is 0 Å². The lowest BCUT2D eigenvalue weighted by molar-refractivity contribution is 0.103. The van der Waals surface area contributed by atoms with Gasteiger partial charge in [0, 0.05) is 6.07 Å². The van der Waals surface area contributed by atoms with Crippen LogP contribution in [0.25, 0.3) is 0 Å². The summed E-state index contributed by atoms with van der Waals surface area (Å²) in [6.45, 7) is 0. The monoisotopic (exact) mass is 326 g/mol. The molecule has 6 heteroatoms. The number of hydrogen-bond donors (Lipinski definition) is 2. The Labute approximate surface area is 117 Å². The third kappa shape index (κ3) is 2.83. The van der Waals surface area contributed by atoms with Gasteiger partial charge in [-0.15, -0.1) is 11.3 Å². The summed E-state index contributed by atoms with van der Waals surface area (Å²) < 4.78 is 6.00. The van der Waals surface area contributed by atoms with Crippen LogP contribution in [0.2, 0.25) is 0 Å². The van der Waals surface area contributed by atoms with Crippen LogP contribution < -0.4 is 15.8 Å². The average molecular weight is 327 g/mol. The van der Waals surface area contributed by atoms with Crippen LogP contribution in [0, 0.1) is 0 Å². The zero-order chi connectivity index (χ0) is 13.1. The van der Waals surface area contributed by atoms with Crippen LogP contribution in [-0.4, -0.2) is 13.0 Å². The third-order valence-corrected chi connectivity index (χ3v) is 3.93. The minimum absolute atomic E-state index is 0.189. The van der Waals surface area contributed by atoms with Crippen molar-refractivity contribution < 1.29 is 9.53 Å². The molecule has 0 bridgehead atoms. The normalized spacial score (nSPS) is 10.1. The van der Waals surface area contributed by atoms with Crippen LogP contribution >= 0.6 is 27.3 Å². The fourth-order valence-corrected chi connectivity index (χ4v) is 2.67. The van der Waals surface area contributed by atoms with Gasteiger partial charge in [0.15, 0.2) is 0 Å². The Balaban J connectivity index is 2.21. The average Bonchev–Trinajstić information content (AvgIpc) is 2.79. The molecule has 0 radical (unpaired) electrons. The van der Waals surface area contributed by atoms with Crippen LogP contribution in [0.15, 0.2) is 34.1 Å². The maximum absolute atomic E-state index is 12.0. The number of nitrogens with one attached hydrogen (secondary N) is 1. The third-order valence-electron chi connectivity index (χ3n) is 2.31. The number of nitrogens with two attached hydrogens (primary N) is 1. The minimum atomic E-state index is -0.189. The second kappa shape index (κ2) is 5.41. The highest BCUT2D eigenvalue weighted by atomic mass is 79.9. The molecule has 18 heavy (non-hydrogen) atoms. The first-order valence-electron chi connectivity index (χ1n) is 5.10. The topological polar surface area (TPSA) is 64.3 Å². The number of thiophene rings is 1. The van der Waals surface area contributed by atoms with Gasteiger partial charge in [0.1, 0.15) is 5.75 Å². The minimum Gasteiger partial charge on any atom is -0.497 e. The van der Waals surface area contributed by atoms with Gasteiger partial charge < -0.3 is 15.8 Å². The van der Waals surface area contributed by atoms with Crippen molar-refractivity contribution in [3.05, 3.63) is 39.0 Å². The molecule has 0 saturated carbocycles. The highest BCUT2D eigenvalue weighted by Crippen LogP contribution is 2.27. The lowest BCUT2D eigenvalue weighted by Crippen LogP contribution is -2.11. The highest BCUT2D eigenvalue weighted by molar-refractivity contribution is 9.11. The predicted molar refractivity (Wildman–Crippen MR) is 77.4 cm³/mol. The molecule has 1 amide bonds. The number of methoxy groups -OCH3 is 1. The molecule has 0 atom stereocenters. The maximum Gasteiger partial charge on any atom is 0.265 e. The van der Waals surface area contributed by atoms with Crippen molar-refractivity contribution in [2.75, 3.05) is 18.2 Å². The number of nitrogen functional groups attached to an aromatic ring is 1. The van der Waals surface area contributed by atoms with E-state index in [0.717, 1.165) is 3.79 Å². The van der Waals surface area contributed by atoms with Crippen molar-refractivity contribution in [1.82, 2.24) is 0 Å². The number of ether oxygens (including phenoxy) is 1. The molecule has 0 unspecified atom stereocenters. The number of rotatable bonds is 3. The van der Waals surface area contributed by atoms with Gasteiger partial charge in [0.05, 0.1) is 27.1 Å². The second-order valence-electron chi connectivity index (χ2n) is 3.51. The number of hydrogen-bond acceptors (Lipinski definition) is 4. The van der Waals surface area contributed by atoms with Crippen LogP contribution in [-0.2, 0) is 0 Å². The molecular formula is C12H11BrN2O2S. The van der Waals surface area contributed by atoms with E-state index < -0.39 is 0 Å². The molecule has 0 saturated heterocycles. The molecule has 0 aliphatic heterocycles. The Bertz CT molecular complexity index is 583. The Morgan fingerprint density at radius 3 is 2.78 bits per heavy atom. The molecule has 3 N–H and O–H groups in total. The van der Waals surface area contributed by atoms with E-state index in [1.165, 1.54) is 11.3 Å². The molecule has 2 aromatic rings. The molecule has 0 spiro atoms. The van der Waals surface area contributed by atoms with Gasteiger partial charge in [-0.05, 0) is 40.2 Å². The van der Waals surface area contributed by atoms with E-state index in [9.17, 15) is 4.79 Å². The SMILES string of the molecule is COc1ccc(N)c(NC(=O)c2ccc(Br)s2)c1. The Morgan fingerprint density at radius 1 is 1.39 bits per heavy atom. The summed E-state index contributed by atoms with van der Waals surface area (Å²) in [7, 11) is 1.56. The van der Waals surface area contributed by atoms with Gasteiger partial charge >= 0.3 is 0 Å². The number of carbonyl (C=O) groups excluding carboxylic acids is 1. The van der Waals surface area contributed by atoms with Crippen molar-refractivity contribution >= 4 is 44.5 Å². The van der Waals surface area contributed by atoms with Crippen LogP contribution in [0.1, 0.15) is 9.67 Å². The summed E-state index contributed by atoms with van der Waals surface area (Å²) in [5.41, 5.74) is 6.84. The molecule has 1 heterocycles. The lowest BCUT2D eigenvalue weighted by atomic mass is 10.2. The fraction of sp³-hybridized carbons (Fsp3) is 0.0833. The molecule has 2 rings (SSSR count). The summed E-state index contributed by atoms with van der Waals surface area (Å²) in [4.78, 5) is 12.6. The molecule has 0 aliphatic rings. The van der Waals surface area contributed by atoms with E-state index >= 15 is 0 Å². The van der Waals surface area contributed by atoms with Crippen molar-refractivity contribution in [3.8, 4) is 5.75 Å². The standard InChI is InChI=1S/C12H11BrN2O2S/c1-17-7-2-3-8(14)9(6-7)15-12(16)10-4-5-11(13)18-10/h2-6H,14H2,1H3,(H,15,16). The first kappa shape index (κ1) is 12.9. The van der Waals surface area contributed by atoms with E-state index in [4.69, 9.17) is 10.5 Å². The molecule has 0 aliphatic carbocycles. The van der Waals surface area contributed by atoms with Gasteiger partial charge in [0.25, 0.3) is 5.91 Å². The molecule has 1 aromatic carbocycles. The molecule has 0 fully saturated rings. The van der Waals surface area contributed by atoms with E-state index in [-0.39, 0.29) is 5.91 Å². The van der Waals surface area contributed by atoms with Crippen molar-refractivity contribution in [2.45, 2.75) is 0 Å². The Morgan fingerprint density at radius 2 is 2.17 bits per heavy atom. The van der Waals surface area contributed by atoms with Crippen LogP contribution in [0.5, 0.6) is 5.75 Å². The van der Waals surface area contributed by atoms with E-state index in [2.05, 4.69) is 21.2 Å². The van der Waals surface area contributed by atoms with E-state index in [1.807, 2.05) is 6.07 Å². The molecular weight excluding hydrogens is 316 g/mol. The number of amides is 1. The van der Waals surface area contributed by atoms with E-state index in [0.29, 0.717) is 22.0 Å². The van der Waals surface area contributed by atoms with Gasteiger partial charge in [-0.1, -0.05) is 0 Å². The van der Waals surface area contributed by atoms with Crippen molar-refractivity contribution in [2.24, 2.45) is 0 Å². The first-order chi connectivity index (χ1) is 8.60. The van der Waals surface area contributed by atoms with Crippen LogP contribution in [0.3, 0.4) is 0 Å². The quantitative estimate of drug-likeness (QED) is 0.850. The number of benzene rings is 1. The highest BCUT2D eigenvalue weighted by Gasteiger charge is 2.11. The smallest absolute Gasteiger partial charge is 0.265 e. The summed E-state index contributed by atoms with van der Waals surface area (Å²) >= 11 is 4.68. The van der Waals surface area contributed by atoms with Crippen molar-refractivity contribution in [3.63, 3.8) is 0 Å². The lowest BCUT2D eigenvalue weighted by Gasteiger charge is -2.09. The number of carbonyl (C=O) groups is 1. The predicted octanol–water partition coefficient (Wildman–Crippen LogP) is 3.35. The molecule has 94 valence electrons. The fourth-order valence-electron chi connectivity index (χ4n) is 1.39.